The summed E-state index contributed by atoms with van der Waals surface area (Å²) in [5.74, 6) is 3.61. The number of esters is 2. The first-order valence-electron chi connectivity index (χ1n) is 24.7. The van der Waals surface area contributed by atoms with Crippen LogP contribution in [0, 0.1) is 35.5 Å². The molecule has 0 aromatic heterocycles. The van der Waals surface area contributed by atoms with Gasteiger partial charge in [-0.05, 0) is 158 Å². The quantitative estimate of drug-likeness (QED) is 0.0650. The van der Waals surface area contributed by atoms with Crippen molar-refractivity contribution in [2.45, 2.75) is 186 Å². The Balaban J connectivity index is 0.0000102. The number of hydrogen-bond acceptors (Lipinski definition) is 9. The van der Waals surface area contributed by atoms with Crippen molar-refractivity contribution in [2.24, 2.45) is 35.5 Å². The second-order valence-corrected chi connectivity index (χ2v) is 19.3. The van der Waals surface area contributed by atoms with Crippen molar-refractivity contribution in [3.05, 3.63) is 0 Å². The molecule has 3 amide bonds. The van der Waals surface area contributed by atoms with Crippen LogP contribution in [0.1, 0.15) is 174 Å². The van der Waals surface area contributed by atoms with Crippen LogP contribution in [0.3, 0.4) is 0 Å². The number of unbranched alkanes of at least 4 members (excludes halogenated alkanes) is 3. The van der Waals surface area contributed by atoms with Crippen LogP contribution in [0.2, 0.25) is 0 Å². The maximum Gasteiger partial charge on any atom is 0.407 e. The predicted octanol–water partition coefficient (Wildman–Crippen LogP) is 4.29. The molecule has 4 fully saturated rings. The summed E-state index contributed by atoms with van der Waals surface area (Å²) in [7, 11) is 1.63. The number of nitrogens with zero attached hydrogens (tertiary/aromatic N) is 1. The molecule has 0 heterocycles. The van der Waals surface area contributed by atoms with E-state index in [0.29, 0.717) is 88.8 Å². The molecule has 0 unspecified atom stereocenters. The smallest absolute Gasteiger partial charge is 0.407 e. The summed E-state index contributed by atoms with van der Waals surface area (Å²) in [6.07, 6.45) is 25.8. The molecule has 62 heavy (non-hydrogen) atoms. The molecular formula is C48H85ClN4O9. The second kappa shape index (κ2) is 31.3. The van der Waals surface area contributed by atoms with Crippen LogP contribution in [-0.2, 0) is 38.1 Å². The van der Waals surface area contributed by atoms with Crippen LogP contribution < -0.4 is 28.8 Å². The fourth-order valence-corrected chi connectivity index (χ4v) is 10.6. The van der Waals surface area contributed by atoms with Gasteiger partial charge in [0.25, 0.3) is 0 Å². The lowest BCUT2D eigenvalue weighted by atomic mass is 9.72. The third-order valence-electron chi connectivity index (χ3n) is 14.3. The molecule has 13 nitrogen and oxygen atoms in total. The van der Waals surface area contributed by atoms with Crippen molar-refractivity contribution in [3.63, 3.8) is 0 Å². The topological polar surface area (TPSA) is 177 Å². The third-order valence-corrected chi connectivity index (χ3v) is 14.3. The Morgan fingerprint density at radius 2 is 0.968 bits per heavy atom. The van der Waals surface area contributed by atoms with Crippen LogP contribution >= 0.6 is 0 Å². The number of amides is 3. The third kappa shape index (κ3) is 22.3. The summed E-state index contributed by atoms with van der Waals surface area (Å²) in [6, 6.07) is 0.537. The number of rotatable bonds is 26. The second-order valence-electron chi connectivity index (χ2n) is 19.3. The lowest BCUT2D eigenvalue weighted by Crippen LogP contribution is -3.00. The van der Waals surface area contributed by atoms with E-state index in [9.17, 15) is 24.0 Å². The van der Waals surface area contributed by atoms with Gasteiger partial charge >= 0.3 is 18.0 Å². The summed E-state index contributed by atoms with van der Waals surface area (Å²) in [5, 5.41) is 6.13. The Labute approximate surface area is 379 Å². The molecule has 4 aliphatic rings. The molecule has 0 radical (unpaired) electrons. The van der Waals surface area contributed by atoms with Crippen molar-refractivity contribution in [3.8, 4) is 0 Å². The van der Waals surface area contributed by atoms with E-state index in [1.54, 1.807) is 18.9 Å². The maximum absolute atomic E-state index is 12.7. The highest BCUT2D eigenvalue weighted by Gasteiger charge is 2.30. The van der Waals surface area contributed by atoms with Crippen LogP contribution in [-0.4, -0.2) is 100 Å². The zero-order valence-electron chi connectivity index (χ0n) is 38.7. The number of nitrogens with one attached hydrogen (secondary N) is 2. The lowest BCUT2D eigenvalue weighted by Gasteiger charge is -2.34. The highest BCUT2D eigenvalue weighted by molar-refractivity contribution is 5.76. The number of halogens is 1. The number of carbonyl (C=O) groups is 5. The van der Waals surface area contributed by atoms with Gasteiger partial charge in [-0.25, -0.2) is 4.79 Å². The number of carbonyl (C=O) groups excluding carboxylic acids is 5. The average Bonchev–Trinajstić information content (AvgIpc) is 3.24. The molecular weight excluding hydrogens is 812 g/mol. The van der Waals surface area contributed by atoms with E-state index in [0.717, 1.165) is 108 Å². The van der Waals surface area contributed by atoms with E-state index in [4.69, 9.17) is 18.9 Å². The van der Waals surface area contributed by atoms with Crippen molar-refractivity contribution >= 4 is 29.8 Å². The minimum atomic E-state index is -0.340. The first-order chi connectivity index (χ1) is 29.6. The Kier molecular flexibility index (Phi) is 27.1. The maximum atomic E-state index is 12.7. The molecule has 5 N–H and O–H groups in total. The summed E-state index contributed by atoms with van der Waals surface area (Å²) in [5.41, 5.74) is 3.86. The number of methoxy groups -OCH3 is 1. The van der Waals surface area contributed by atoms with Gasteiger partial charge in [-0.3, -0.25) is 19.2 Å². The van der Waals surface area contributed by atoms with Gasteiger partial charge in [0.2, 0.25) is 11.8 Å². The van der Waals surface area contributed by atoms with Crippen LogP contribution in [0.25, 0.3) is 0 Å². The Morgan fingerprint density at radius 1 is 0.532 bits per heavy atom. The van der Waals surface area contributed by atoms with Gasteiger partial charge in [0.1, 0.15) is 6.61 Å². The summed E-state index contributed by atoms with van der Waals surface area (Å²) < 4.78 is 21.8. The molecule has 0 aromatic rings. The van der Waals surface area contributed by atoms with E-state index in [2.05, 4.69) is 16.4 Å². The van der Waals surface area contributed by atoms with Crippen molar-refractivity contribution in [1.82, 2.24) is 15.5 Å². The van der Waals surface area contributed by atoms with Crippen molar-refractivity contribution in [2.75, 3.05) is 53.2 Å². The largest absolute Gasteiger partial charge is 1.00 e. The summed E-state index contributed by atoms with van der Waals surface area (Å²) in [4.78, 5) is 63.4. The van der Waals surface area contributed by atoms with Gasteiger partial charge in [0, 0.05) is 51.9 Å². The zero-order valence-corrected chi connectivity index (χ0v) is 39.4. The molecule has 0 bridgehead atoms. The minimum absolute atomic E-state index is 0. The standard InChI is InChI=1S/C48H84N4O9.ClH/c1-36(53)50-43-21-17-39(18-22-43)33-40-19-23-44(24-20-40)51-48(57)61-29-7-6-28-59-46(55)34-41-13-9-37(10-14-41)32-38-11-15-42(16-12-38)35-47(56)60-31-27-52(26-30-58-2)45(54)8-4-3-5-25-49;/h37-44H,3-35,49H2,1-2H3,(H,50,53)(H,51,57);1H. The Bertz CT molecular complexity index is 1280. The Hall–Kier alpha value is -2.64. The van der Waals surface area contributed by atoms with Gasteiger partial charge < -0.3 is 52.6 Å². The van der Waals surface area contributed by atoms with E-state index >= 15 is 0 Å². The van der Waals surface area contributed by atoms with E-state index in [-0.39, 0.29) is 54.9 Å². The van der Waals surface area contributed by atoms with Gasteiger partial charge in [-0.1, -0.05) is 25.7 Å². The molecule has 0 saturated heterocycles. The highest BCUT2D eigenvalue weighted by Crippen LogP contribution is 2.40. The van der Waals surface area contributed by atoms with Crippen LogP contribution in [0.4, 0.5) is 4.79 Å². The number of alkyl carbamates (subject to hydrolysis) is 1. The van der Waals surface area contributed by atoms with Gasteiger partial charge in [0.15, 0.2) is 0 Å². The molecule has 0 atom stereocenters. The van der Waals surface area contributed by atoms with Gasteiger partial charge in [-0.2, -0.15) is 0 Å². The zero-order chi connectivity index (χ0) is 43.7. The first kappa shape index (κ1) is 53.7. The van der Waals surface area contributed by atoms with E-state index in [1.807, 2.05) is 0 Å². The number of ether oxygens (including phenoxy) is 4. The van der Waals surface area contributed by atoms with Crippen LogP contribution in [0.15, 0.2) is 0 Å². The normalized spacial score (nSPS) is 26.3. The number of quaternary nitrogens is 1. The Morgan fingerprint density at radius 3 is 1.45 bits per heavy atom. The first-order valence-corrected chi connectivity index (χ1v) is 24.7. The monoisotopic (exact) mass is 897 g/mol. The molecule has 14 heteroatoms. The van der Waals surface area contributed by atoms with Crippen molar-refractivity contribution < 1.29 is 61.1 Å². The molecule has 358 valence electrons. The predicted molar refractivity (Wildman–Crippen MR) is 235 cm³/mol. The summed E-state index contributed by atoms with van der Waals surface area (Å²) in [6.45, 7) is 4.81. The SMILES string of the molecule is COCCN(CCOC(=O)CC1CCC(CC2CCC(CC(=O)OCCCCOC(=O)NC3CCC(CC4CCC(NC(C)=O)CC4)CC3)CC2)CC1)C(=O)CCCCC[NH3+].[Cl-]. The highest BCUT2D eigenvalue weighted by atomic mass is 35.5. The molecule has 4 saturated carbocycles. The minimum Gasteiger partial charge on any atom is -1.00 e. The van der Waals surface area contributed by atoms with E-state index in [1.165, 1.54) is 51.4 Å². The molecule has 0 spiro atoms. The van der Waals surface area contributed by atoms with Crippen molar-refractivity contribution in [1.29, 1.82) is 0 Å². The van der Waals surface area contributed by atoms with Gasteiger partial charge in [-0.15, -0.1) is 0 Å². The number of hydrogen-bond donors (Lipinski definition) is 3. The average molecular weight is 898 g/mol. The lowest BCUT2D eigenvalue weighted by molar-refractivity contribution is -0.368. The molecule has 4 rings (SSSR count). The molecule has 0 aromatic carbocycles. The molecule has 4 aliphatic carbocycles. The van der Waals surface area contributed by atoms with E-state index < -0.39 is 0 Å². The van der Waals surface area contributed by atoms with Crippen LogP contribution in [0.5, 0.6) is 0 Å². The fourth-order valence-electron chi connectivity index (χ4n) is 10.6. The van der Waals surface area contributed by atoms with Gasteiger partial charge in [0.05, 0.1) is 32.9 Å². The summed E-state index contributed by atoms with van der Waals surface area (Å²) >= 11 is 0. The molecule has 0 aliphatic heterocycles. The fraction of sp³-hybridized carbons (Fsp3) is 0.896.